The van der Waals surface area contributed by atoms with E-state index in [0.717, 1.165) is 5.56 Å². The van der Waals surface area contributed by atoms with E-state index in [9.17, 15) is 14.4 Å². The number of nitrogens with zero attached hydrogens (tertiary/aromatic N) is 3. The lowest BCUT2D eigenvalue weighted by Crippen LogP contribution is -2.53. The van der Waals surface area contributed by atoms with Crippen molar-refractivity contribution >= 4 is 34.4 Å². The number of nitrogens with one attached hydrogen (secondary N) is 1. The number of halogens is 1. The fraction of sp³-hybridized carbons (Fsp3) is 0.273. The van der Waals surface area contributed by atoms with Gasteiger partial charge in [-0.1, -0.05) is 23.7 Å². The van der Waals surface area contributed by atoms with Crippen molar-refractivity contribution in [2.24, 2.45) is 5.92 Å². The van der Waals surface area contributed by atoms with E-state index in [2.05, 4.69) is 10.3 Å². The van der Waals surface area contributed by atoms with Crippen LogP contribution in [-0.2, 0) is 17.9 Å². The lowest BCUT2D eigenvalue weighted by Gasteiger charge is -2.38. The Bertz CT molecular complexity index is 1190. The average molecular weight is 441 g/mol. The maximum atomic E-state index is 13.1. The van der Waals surface area contributed by atoms with Gasteiger partial charge in [-0.05, 0) is 35.9 Å². The molecule has 9 heteroatoms. The Kier molecular flexibility index (Phi) is 6.01. The zero-order valence-corrected chi connectivity index (χ0v) is 17.4. The highest BCUT2D eigenvalue weighted by Gasteiger charge is 2.30. The molecule has 3 heterocycles. The second-order valence-corrected chi connectivity index (χ2v) is 7.96. The van der Waals surface area contributed by atoms with Gasteiger partial charge in [0.1, 0.15) is 17.8 Å². The van der Waals surface area contributed by atoms with Crippen molar-refractivity contribution < 1.29 is 14.7 Å². The van der Waals surface area contributed by atoms with Gasteiger partial charge in [-0.25, -0.2) is 4.98 Å². The Morgan fingerprint density at radius 1 is 1.19 bits per heavy atom. The van der Waals surface area contributed by atoms with Crippen LogP contribution in [0.25, 0.3) is 11.0 Å². The molecule has 8 nitrogen and oxygen atoms in total. The first kappa shape index (κ1) is 21.0. The summed E-state index contributed by atoms with van der Waals surface area (Å²) >= 11 is 5.88. The molecular weight excluding hydrogens is 420 g/mol. The fourth-order valence-electron chi connectivity index (χ4n) is 3.52. The molecule has 4 rings (SSSR count). The maximum Gasteiger partial charge on any atom is 0.265 e. The largest absolute Gasteiger partial charge is 0.396 e. The Labute approximate surface area is 183 Å². The van der Waals surface area contributed by atoms with Gasteiger partial charge in [-0.2, -0.15) is 0 Å². The number of aliphatic hydroxyl groups is 1. The van der Waals surface area contributed by atoms with E-state index >= 15 is 0 Å². The summed E-state index contributed by atoms with van der Waals surface area (Å²) in [5, 5.41) is 13.1. The van der Waals surface area contributed by atoms with Crippen LogP contribution in [-0.4, -0.2) is 51.1 Å². The fourth-order valence-corrected chi connectivity index (χ4v) is 3.65. The predicted molar refractivity (Wildman–Crippen MR) is 116 cm³/mol. The molecule has 0 radical (unpaired) electrons. The second kappa shape index (κ2) is 8.87. The molecule has 0 atom stereocenters. The van der Waals surface area contributed by atoms with Gasteiger partial charge in [0, 0.05) is 48.8 Å². The molecule has 160 valence electrons. The van der Waals surface area contributed by atoms with Gasteiger partial charge in [-0.3, -0.25) is 19.0 Å². The number of benzene rings is 1. The van der Waals surface area contributed by atoms with Crippen LogP contribution < -0.4 is 10.9 Å². The van der Waals surface area contributed by atoms with Gasteiger partial charge in [0.15, 0.2) is 0 Å². The number of fused-ring (bicyclic) bond motifs is 1. The lowest BCUT2D eigenvalue weighted by atomic mass is 10.0. The Morgan fingerprint density at radius 3 is 2.65 bits per heavy atom. The molecule has 31 heavy (non-hydrogen) atoms. The Morgan fingerprint density at radius 2 is 1.94 bits per heavy atom. The molecule has 0 spiro atoms. The molecule has 0 aliphatic carbocycles. The quantitative estimate of drug-likeness (QED) is 0.603. The van der Waals surface area contributed by atoms with E-state index in [1.54, 1.807) is 41.3 Å². The van der Waals surface area contributed by atoms with E-state index in [-0.39, 0.29) is 37.1 Å². The van der Waals surface area contributed by atoms with Gasteiger partial charge < -0.3 is 15.3 Å². The number of rotatable bonds is 6. The molecule has 0 saturated carbocycles. The molecular formula is C22H21ClN4O4. The SMILES string of the molecule is O=C(NCc1ccc(Cl)cc1)c1cc2cccnc2n(CC(=O)N2CC(CO)C2)c1=O. The number of carbonyl (C=O) groups excluding carboxylic acids is 2. The average Bonchev–Trinajstić information content (AvgIpc) is 2.74. The van der Waals surface area contributed by atoms with Crippen LogP contribution in [0.3, 0.4) is 0 Å². The van der Waals surface area contributed by atoms with Crippen molar-refractivity contribution in [2.75, 3.05) is 19.7 Å². The van der Waals surface area contributed by atoms with E-state index in [1.165, 1.54) is 16.8 Å². The Hall–Kier alpha value is -3.23. The first-order valence-corrected chi connectivity index (χ1v) is 10.2. The van der Waals surface area contributed by atoms with Crippen molar-refractivity contribution in [3.8, 4) is 0 Å². The third-order valence-corrected chi connectivity index (χ3v) is 5.57. The highest BCUT2D eigenvalue weighted by atomic mass is 35.5. The minimum atomic E-state index is -0.576. The summed E-state index contributed by atoms with van der Waals surface area (Å²) < 4.78 is 1.24. The van der Waals surface area contributed by atoms with Crippen LogP contribution in [0.15, 0.2) is 53.5 Å². The number of aliphatic hydroxyl groups excluding tert-OH is 1. The zero-order valence-electron chi connectivity index (χ0n) is 16.6. The third-order valence-electron chi connectivity index (χ3n) is 5.32. The van der Waals surface area contributed by atoms with E-state index < -0.39 is 11.5 Å². The monoisotopic (exact) mass is 440 g/mol. The van der Waals surface area contributed by atoms with Gasteiger partial charge in [-0.15, -0.1) is 0 Å². The summed E-state index contributed by atoms with van der Waals surface area (Å²) in [6, 6.07) is 12.0. The molecule has 2 aromatic heterocycles. The number of amides is 2. The van der Waals surface area contributed by atoms with Crippen molar-refractivity contribution in [3.63, 3.8) is 0 Å². The van der Waals surface area contributed by atoms with Crippen LogP contribution in [0.2, 0.25) is 5.02 Å². The van der Waals surface area contributed by atoms with Crippen molar-refractivity contribution in [3.05, 3.63) is 75.2 Å². The van der Waals surface area contributed by atoms with Crippen LogP contribution in [0.1, 0.15) is 15.9 Å². The van der Waals surface area contributed by atoms with Gasteiger partial charge in [0.2, 0.25) is 5.91 Å². The van der Waals surface area contributed by atoms with Crippen molar-refractivity contribution in [1.29, 1.82) is 0 Å². The molecule has 0 bridgehead atoms. The van der Waals surface area contributed by atoms with Gasteiger partial charge in [0.05, 0.1) is 0 Å². The van der Waals surface area contributed by atoms with E-state index in [0.29, 0.717) is 29.1 Å². The third kappa shape index (κ3) is 4.45. The van der Waals surface area contributed by atoms with Crippen LogP contribution in [0, 0.1) is 5.92 Å². The lowest BCUT2D eigenvalue weighted by molar-refractivity contribution is -0.139. The van der Waals surface area contributed by atoms with Crippen LogP contribution in [0.5, 0.6) is 0 Å². The number of hydrogen-bond acceptors (Lipinski definition) is 5. The molecule has 2 amide bonds. The second-order valence-electron chi connectivity index (χ2n) is 7.52. The molecule has 1 aliphatic rings. The summed E-state index contributed by atoms with van der Waals surface area (Å²) in [7, 11) is 0. The Balaban J connectivity index is 1.59. The standard InChI is InChI=1S/C22H21ClN4O4/c23-17-5-3-14(4-6-17)9-25-21(30)18-8-16-2-1-7-24-20(16)27(22(18)31)12-19(29)26-10-15(11-26)13-28/h1-8,15,28H,9-13H2,(H,25,30). The summed E-state index contributed by atoms with van der Waals surface area (Å²) in [5.41, 5.74) is 0.549. The van der Waals surface area contributed by atoms with Crippen molar-refractivity contribution in [1.82, 2.24) is 19.8 Å². The summed E-state index contributed by atoms with van der Waals surface area (Å²) in [6.45, 7) is 0.948. The first-order chi connectivity index (χ1) is 15.0. The molecule has 1 aliphatic heterocycles. The minimum Gasteiger partial charge on any atom is -0.396 e. The van der Waals surface area contributed by atoms with Gasteiger partial charge >= 0.3 is 0 Å². The summed E-state index contributed by atoms with van der Waals surface area (Å²) in [5.74, 6) is -0.714. The number of hydrogen-bond donors (Lipinski definition) is 2. The molecule has 1 saturated heterocycles. The van der Waals surface area contributed by atoms with Crippen molar-refractivity contribution in [2.45, 2.75) is 13.1 Å². The van der Waals surface area contributed by atoms with E-state index in [4.69, 9.17) is 16.7 Å². The summed E-state index contributed by atoms with van der Waals surface area (Å²) in [6.07, 6.45) is 1.54. The number of aromatic nitrogens is 2. The van der Waals surface area contributed by atoms with Crippen LogP contribution in [0.4, 0.5) is 0 Å². The molecule has 0 unspecified atom stereocenters. The highest BCUT2D eigenvalue weighted by molar-refractivity contribution is 6.30. The topological polar surface area (TPSA) is 105 Å². The first-order valence-electron chi connectivity index (χ1n) is 9.86. The number of likely N-dealkylation sites (tertiary alicyclic amines) is 1. The number of carbonyl (C=O) groups is 2. The number of pyridine rings is 2. The van der Waals surface area contributed by atoms with Gasteiger partial charge in [0.25, 0.3) is 11.5 Å². The molecule has 1 aromatic carbocycles. The highest BCUT2D eigenvalue weighted by Crippen LogP contribution is 2.17. The smallest absolute Gasteiger partial charge is 0.265 e. The summed E-state index contributed by atoms with van der Waals surface area (Å²) in [4.78, 5) is 44.3. The molecule has 3 aromatic rings. The zero-order chi connectivity index (χ0) is 22.0. The molecule has 1 fully saturated rings. The molecule has 2 N–H and O–H groups in total. The normalized spacial score (nSPS) is 13.8. The van der Waals surface area contributed by atoms with Crippen LogP contribution >= 0.6 is 11.6 Å². The predicted octanol–water partition coefficient (Wildman–Crippen LogP) is 1.43. The minimum absolute atomic E-state index is 0.0253. The van der Waals surface area contributed by atoms with E-state index in [1.807, 2.05) is 0 Å². The maximum absolute atomic E-state index is 13.1.